The van der Waals surface area contributed by atoms with Gasteiger partial charge in [-0.2, -0.15) is 0 Å². The van der Waals surface area contributed by atoms with Crippen LogP contribution in [-0.4, -0.2) is 23.3 Å². The molecule has 1 heterocycles. The quantitative estimate of drug-likeness (QED) is 0.688. The number of carbonyl (C=O) groups excluding carboxylic acids is 2. The van der Waals surface area contributed by atoms with E-state index >= 15 is 0 Å². The molecule has 1 rings (SSSR count). The summed E-state index contributed by atoms with van der Waals surface area (Å²) in [5.41, 5.74) is 1.37. The Kier molecular flexibility index (Phi) is 4.32. The third kappa shape index (κ3) is 3.29. The lowest BCUT2D eigenvalue weighted by Gasteiger charge is -2.16. The standard InChI is InChI=1S/C11H14BrNO3S/c1-6-5-17-8(9(14)16-4)7(6)13-10(15)11(2,3)12/h5H,1-4H3,(H,13,15). The first kappa shape index (κ1) is 14.2. The zero-order chi connectivity index (χ0) is 13.2. The maximum atomic E-state index is 11.8. The van der Waals surface area contributed by atoms with Gasteiger partial charge in [0, 0.05) is 0 Å². The molecule has 0 spiro atoms. The molecular weight excluding hydrogens is 306 g/mol. The summed E-state index contributed by atoms with van der Waals surface area (Å²) in [4.78, 5) is 23.8. The summed E-state index contributed by atoms with van der Waals surface area (Å²) in [5, 5.41) is 4.55. The maximum Gasteiger partial charge on any atom is 0.350 e. The van der Waals surface area contributed by atoms with E-state index < -0.39 is 10.3 Å². The van der Waals surface area contributed by atoms with E-state index in [1.165, 1.54) is 18.4 Å². The molecule has 4 nitrogen and oxygen atoms in total. The van der Waals surface area contributed by atoms with E-state index in [0.29, 0.717) is 10.6 Å². The predicted molar refractivity (Wildman–Crippen MR) is 72.0 cm³/mol. The number of hydrogen-bond acceptors (Lipinski definition) is 4. The number of rotatable bonds is 3. The molecule has 0 saturated carbocycles. The molecule has 17 heavy (non-hydrogen) atoms. The highest BCUT2D eigenvalue weighted by Gasteiger charge is 2.26. The highest BCUT2D eigenvalue weighted by Crippen LogP contribution is 2.30. The van der Waals surface area contributed by atoms with Gasteiger partial charge in [0.25, 0.3) is 0 Å². The van der Waals surface area contributed by atoms with Crippen LogP contribution < -0.4 is 5.32 Å². The van der Waals surface area contributed by atoms with E-state index in [0.717, 1.165) is 5.56 Å². The lowest BCUT2D eigenvalue weighted by molar-refractivity contribution is -0.117. The molecule has 94 valence electrons. The number of aryl methyl sites for hydroxylation is 1. The van der Waals surface area contributed by atoms with E-state index in [1.807, 2.05) is 12.3 Å². The minimum absolute atomic E-state index is 0.204. The van der Waals surface area contributed by atoms with Crippen molar-refractivity contribution in [3.63, 3.8) is 0 Å². The third-order valence-corrected chi connectivity index (χ3v) is 3.56. The highest BCUT2D eigenvalue weighted by molar-refractivity contribution is 9.10. The van der Waals surface area contributed by atoms with E-state index in [4.69, 9.17) is 0 Å². The van der Waals surface area contributed by atoms with E-state index in [9.17, 15) is 9.59 Å². The molecule has 0 aromatic carbocycles. The van der Waals surface area contributed by atoms with Gasteiger partial charge in [-0.05, 0) is 31.7 Å². The number of ether oxygens (including phenoxy) is 1. The zero-order valence-corrected chi connectivity index (χ0v) is 12.5. The Hall–Kier alpha value is -0.880. The Morgan fingerprint density at radius 1 is 1.47 bits per heavy atom. The second kappa shape index (κ2) is 5.18. The second-order valence-corrected chi connectivity index (χ2v) is 6.90. The van der Waals surface area contributed by atoms with E-state index in [-0.39, 0.29) is 5.91 Å². The number of halogens is 1. The SMILES string of the molecule is COC(=O)c1scc(C)c1NC(=O)C(C)(C)Br. The number of methoxy groups -OCH3 is 1. The topological polar surface area (TPSA) is 55.4 Å². The first-order chi connectivity index (χ1) is 7.77. The monoisotopic (exact) mass is 319 g/mol. The molecule has 1 amide bonds. The van der Waals surface area contributed by atoms with Crippen LogP contribution >= 0.6 is 27.3 Å². The Morgan fingerprint density at radius 3 is 2.53 bits per heavy atom. The van der Waals surface area contributed by atoms with Crippen LogP contribution in [0.15, 0.2) is 5.38 Å². The van der Waals surface area contributed by atoms with Crippen LogP contribution in [0, 0.1) is 6.92 Å². The van der Waals surface area contributed by atoms with Gasteiger partial charge < -0.3 is 10.1 Å². The lowest BCUT2D eigenvalue weighted by atomic mass is 10.2. The lowest BCUT2D eigenvalue weighted by Crippen LogP contribution is -2.31. The van der Waals surface area contributed by atoms with E-state index in [2.05, 4.69) is 26.0 Å². The Bertz CT molecular complexity index is 448. The van der Waals surface area contributed by atoms with Gasteiger partial charge in [-0.1, -0.05) is 15.9 Å². The number of thiophene rings is 1. The fraction of sp³-hybridized carbons (Fsp3) is 0.455. The number of alkyl halides is 1. The summed E-state index contributed by atoms with van der Waals surface area (Å²) in [5.74, 6) is -0.644. The second-order valence-electron chi connectivity index (χ2n) is 4.04. The van der Waals surface area contributed by atoms with Gasteiger partial charge in [0.1, 0.15) is 4.88 Å². The summed E-state index contributed by atoms with van der Waals surface area (Å²) >= 11 is 4.53. The van der Waals surface area contributed by atoms with Crippen molar-refractivity contribution in [2.75, 3.05) is 12.4 Å². The molecule has 1 N–H and O–H groups in total. The molecule has 0 aliphatic carbocycles. The molecule has 0 bridgehead atoms. The Balaban J connectivity index is 3.02. The van der Waals surface area contributed by atoms with Gasteiger partial charge >= 0.3 is 5.97 Å². The van der Waals surface area contributed by atoms with Crippen molar-refractivity contribution in [1.82, 2.24) is 0 Å². The molecule has 1 aromatic heterocycles. The molecule has 1 aromatic rings. The van der Waals surface area contributed by atoms with Crippen molar-refractivity contribution in [1.29, 1.82) is 0 Å². The maximum absolute atomic E-state index is 11.8. The average molecular weight is 320 g/mol. The van der Waals surface area contributed by atoms with Gasteiger partial charge in [0.2, 0.25) is 5.91 Å². The largest absolute Gasteiger partial charge is 0.465 e. The number of nitrogens with one attached hydrogen (secondary N) is 1. The highest BCUT2D eigenvalue weighted by atomic mass is 79.9. The summed E-state index contributed by atoms with van der Waals surface area (Å²) in [7, 11) is 1.32. The minimum Gasteiger partial charge on any atom is -0.465 e. The van der Waals surface area contributed by atoms with Crippen molar-refractivity contribution in [3.8, 4) is 0 Å². The van der Waals surface area contributed by atoms with Crippen molar-refractivity contribution >= 4 is 44.8 Å². The summed E-state index contributed by atoms with van der Waals surface area (Å²) < 4.78 is 3.98. The van der Waals surface area contributed by atoms with Crippen molar-refractivity contribution in [2.45, 2.75) is 25.1 Å². The average Bonchev–Trinajstić information content (AvgIpc) is 2.58. The predicted octanol–water partition coefficient (Wildman–Crippen LogP) is 2.96. The zero-order valence-electron chi connectivity index (χ0n) is 10.1. The fourth-order valence-corrected chi connectivity index (χ4v) is 2.13. The first-order valence-electron chi connectivity index (χ1n) is 4.94. The van der Waals surface area contributed by atoms with E-state index in [1.54, 1.807) is 13.8 Å². The molecule has 0 atom stereocenters. The summed E-state index contributed by atoms with van der Waals surface area (Å²) in [6.45, 7) is 5.31. The van der Waals surface area contributed by atoms with Crippen LogP contribution in [0.1, 0.15) is 29.1 Å². The molecular formula is C11H14BrNO3S. The molecule has 0 aliphatic heterocycles. The molecule has 6 heteroatoms. The van der Waals surface area contributed by atoms with Gasteiger partial charge in [-0.15, -0.1) is 11.3 Å². The number of esters is 1. The molecule has 0 saturated heterocycles. The van der Waals surface area contributed by atoms with Crippen LogP contribution in [0.2, 0.25) is 0 Å². The normalized spacial score (nSPS) is 11.1. The van der Waals surface area contributed by atoms with Gasteiger partial charge in [-0.25, -0.2) is 4.79 Å². The Morgan fingerprint density at radius 2 is 2.06 bits per heavy atom. The fourth-order valence-electron chi connectivity index (χ4n) is 1.10. The van der Waals surface area contributed by atoms with Crippen LogP contribution in [0.25, 0.3) is 0 Å². The van der Waals surface area contributed by atoms with Crippen LogP contribution in [0.4, 0.5) is 5.69 Å². The van der Waals surface area contributed by atoms with Crippen LogP contribution in [0.5, 0.6) is 0 Å². The molecule has 0 aliphatic rings. The molecule has 0 radical (unpaired) electrons. The van der Waals surface area contributed by atoms with Crippen molar-refractivity contribution < 1.29 is 14.3 Å². The van der Waals surface area contributed by atoms with Crippen LogP contribution in [-0.2, 0) is 9.53 Å². The number of amides is 1. The smallest absolute Gasteiger partial charge is 0.350 e. The van der Waals surface area contributed by atoms with Crippen molar-refractivity contribution in [2.24, 2.45) is 0 Å². The van der Waals surface area contributed by atoms with Gasteiger partial charge in [0.15, 0.2) is 0 Å². The first-order valence-corrected chi connectivity index (χ1v) is 6.61. The van der Waals surface area contributed by atoms with Crippen molar-refractivity contribution in [3.05, 3.63) is 15.8 Å². The summed E-state index contributed by atoms with van der Waals surface area (Å²) in [6.07, 6.45) is 0. The summed E-state index contributed by atoms with van der Waals surface area (Å²) in [6, 6.07) is 0. The minimum atomic E-state index is -0.686. The third-order valence-electron chi connectivity index (χ3n) is 2.12. The number of carbonyl (C=O) groups is 2. The van der Waals surface area contributed by atoms with Gasteiger partial charge in [0.05, 0.1) is 17.1 Å². The van der Waals surface area contributed by atoms with Gasteiger partial charge in [-0.3, -0.25) is 4.79 Å². The Labute approximate surface area is 112 Å². The molecule has 0 fully saturated rings. The molecule has 0 unspecified atom stereocenters. The number of hydrogen-bond donors (Lipinski definition) is 1. The number of anilines is 1. The van der Waals surface area contributed by atoms with Crippen LogP contribution in [0.3, 0.4) is 0 Å².